The van der Waals surface area contributed by atoms with Crippen molar-refractivity contribution in [3.63, 3.8) is 0 Å². The van der Waals surface area contributed by atoms with Gasteiger partial charge in [0.1, 0.15) is 0 Å². The first-order chi connectivity index (χ1) is 10.8. The van der Waals surface area contributed by atoms with Gasteiger partial charge in [0.15, 0.2) is 5.57 Å². The lowest BCUT2D eigenvalue weighted by atomic mass is 9.99. The Hall–Kier alpha value is -0.700. The topological polar surface area (TPSA) is 70.1 Å². The van der Waals surface area contributed by atoms with Crippen LogP contribution >= 0.6 is 23.5 Å². The summed E-state index contributed by atoms with van der Waals surface area (Å²) in [7, 11) is 4.12. The van der Waals surface area contributed by atoms with Crippen molar-refractivity contribution in [1.29, 1.82) is 0 Å². The molecule has 0 spiro atoms. The average molecular weight is 361 g/mol. The van der Waals surface area contributed by atoms with Crippen LogP contribution in [0.5, 0.6) is 0 Å². The Morgan fingerprint density at radius 3 is 2.52 bits per heavy atom. The number of hydrogen-bond donors (Lipinski definition) is 1. The van der Waals surface area contributed by atoms with Gasteiger partial charge < -0.3 is 9.84 Å². The zero-order valence-corrected chi connectivity index (χ0v) is 15.8. The van der Waals surface area contributed by atoms with Gasteiger partial charge in [-0.3, -0.25) is 9.80 Å². The van der Waals surface area contributed by atoms with E-state index in [1.165, 1.54) is 23.5 Å². The Morgan fingerprint density at radius 2 is 2.04 bits per heavy atom. The SMILES string of the molecule is CCOC(=O)C(C(=O)O)=C1SC2N(C)CCN(C)C2(C(C)C)S1. The smallest absolute Gasteiger partial charge is 0.347 e. The molecule has 2 saturated heterocycles. The maximum Gasteiger partial charge on any atom is 0.347 e. The summed E-state index contributed by atoms with van der Waals surface area (Å²) in [4.78, 5) is 28.0. The van der Waals surface area contributed by atoms with E-state index >= 15 is 0 Å². The van der Waals surface area contributed by atoms with Gasteiger partial charge in [-0.1, -0.05) is 37.4 Å². The summed E-state index contributed by atoms with van der Waals surface area (Å²) in [6, 6.07) is 0. The van der Waals surface area contributed by atoms with Crippen LogP contribution in [0.4, 0.5) is 0 Å². The maximum atomic E-state index is 12.1. The maximum absolute atomic E-state index is 12.1. The number of carbonyl (C=O) groups excluding carboxylic acids is 1. The van der Waals surface area contributed by atoms with E-state index in [0.29, 0.717) is 10.2 Å². The third kappa shape index (κ3) is 3.14. The van der Waals surface area contributed by atoms with E-state index in [2.05, 4.69) is 37.7 Å². The minimum Gasteiger partial charge on any atom is -0.477 e. The standard InChI is InChI=1S/C15H24N2O4S2/c1-6-21-12(20)10(11(18)19)13-22-14-15(23-13,9(2)3)17(5)8-7-16(14)4/h9,14H,6-8H2,1-5H3,(H,18,19). The summed E-state index contributed by atoms with van der Waals surface area (Å²) in [5.41, 5.74) is -0.238. The molecule has 2 rings (SSSR count). The van der Waals surface area contributed by atoms with Crippen molar-refractivity contribution in [2.75, 3.05) is 33.8 Å². The fourth-order valence-corrected chi connectivity index (χ4v) is 6.98. The predicted molar refractivity (Wildman–Crippen MR) is 93.1 cm³/mol. The van der Waals surface area contributed by atoms with Crippen LogP contribution in [-0.2, 0) is 14.3 Å². The highest BCUT2D eigenvalue weighted by Crippen LogP contribution is 2.61. The molecule has 130 valence electrons. The van der Waals surface area contributed by atoms with E-state index in [9.17, 15) is 14.7 Å². The van der Waals surface area contributed by atoms with Crippen LogP contribution in [0.15, 0.2) is 9.81 Å². The van der Waals surface area contributed by atoms with E-state index < -0.39 is 11.9 Å². The molecule has 2 heterocycles. The number of carbonyl (C=O) groups is 2. The first kappa shape index (κ1) is 18.6. The Labute approximate surface area is 145 Å². The fourth-order valence-electron chi connectivity index (χ4n) is 3.10. The number of ether oxygens (including phenoxy) is 1. The molecular weight excluding hydrogens is 336 g/mol. The first-order valence-electron chi connectivity index (χ1n) is 7.67. The molecule has 0 aromatic carbocycles. The van der Waals surface area contributed by atoms with Crippen LogP contribution in [0.3, 0.4) is 0 Å². The van der Waals surface area contributed by atoms with Gasteiger partial charge in [-0.05, 0) is 26.9 Å². The van der Waals surface area contributed by atoms with Crippen LogP contribution < -0.4 is 0 Å². The number of nitrogens with zero attached hydrogens (tertiary/aromatic N) is 2. The zero-order valence-electron chi connectivity index (χ0n) is 14.2. The molecule has 0 saturated carbocycles. The molecule has 1 N–H and O–H groups in total. The molecular formula is C15H24N2O4S2. The summed E-state index contributed by atoms with van der Waals surface area (Å²) >= 11 is 2.97. The second-order valence-corrected chi connectivity index (χ2v) is 8.68. The van der Waals surface area contributed by atoms with Gasteiger partial charge in [-0.15, -0.1) is 0 Å². The lowest BCUT2D eigenvalue weighted by Gasteiger charge is -2.51. The van der Waals surface area contributed by atoms with Gasteiger partial charge in [-0.25, -0.2) is 9.59 Å². The van der Waals surface area contributed by atoms with Gasteiger partial charge in [0.25, 0.3) is 0 Å². The minimum atomic E-state index is -1.22. The monoisotopic (exact) mass is 360 g/mol. The zero-order chi connectivity index (χ0) is 17.4. The van der Waals surface area contributed by atoms with Crippen LogP contribution in [0.1, 0.15) is 20.8 Å². The summed E-state index contributed by atoms with van der Waals surface area (Å²) < 4.78 is 5.50. The van der Waals surface area contributed by atoms with Gasteiger partial charge in [0.05, 0.1) is 21.1 Å². The predicted octanol–water partition coefficient (Wildman–Crippen LogP) is 1.88. The molecule has 0 amide bonds. The minimum absolute atomic E-state index is 0.102. The third-order valence-electron chi connectivity index (χ3n) is 4.34. The number of hydrogen-bond acceptors (Lipinski definition) is 7. The van der Waals surface area contributed by atoms with E-state index in [0.717, 1.165) is 13.1 Å². The molecule has 2 unspecified atom stereocenters. The molecule has 2 aliphatic rings. The molecule has 0 aromatic rings. The molecule has 0 aromatic heterocycles. The lowest BCUT2D eigenvalue weighted by molar-refractivity contribution is -0.143. The van der Waals surface area contributed by atoms with Crippen LogP contribution in [0.25, 0.3) is 0 Å². The number of thioether (sulfide) groups is 2. The number of carboxylic acid groups (broad SMARTS) is 1. The number of rotatable bonds is 4. The molecule has 2 aliphatic heterocycles. The molecule has 2 fully saturated rings. The Morgan fingerprint density at radius 1 is 1.39 bits per heavy atom. The van der Waals surface area contributed by atoms with Gasteiger partial charge in [0, 0.05) is 13.1 Å². The average Bonchev–Trinajstić information content (AvgIpc) is 2.85. The van der Waals surface area contributed by atoms with Crippen molar-refractivity contribution < 1.29 is 19.4 Å². The van der Waals surface area contributed by atoms with E-state index in [1.54, 1.807) is 6.92 Å². The second kappa shape index (κ2) is 7.04. The molecule has 0 bridgehead atoms. The van der Waals surface area contributed by atoms with Crippen molar-refractivity contribution in [2.24, 2.45) is 5.92 Å². The van der Waals surface area contributed by atoms with Crippen LogP contribution in [0.2, 0.25) is 0 Å². The van der Waals surface area contributed by atoms with E-state index in [4.69, 9.17) is 4.74 Å². The third-order valence-corrected chi connectivity index (χ3v) is 8.11. The van der Waals surface area contributed by atoms with Crippen molar-refractivity contribution in [1.82, 2.24) is 9.80 Å². The highest BCUT2D eigenvalue weighted by atomic mass is 32.2. The van der Waals surface area contributed by atoms with Crippen molar-refractivity contribution in [3.8, 4) is 0 Å². The number of carboxylic acids is 1. The number of likely N-dealkylation sites (N-methyl/N-ethyl adjacent to an activating group) is 2. The highest BCUT2D eigenvalue weighted by molar-refractivity contribution is 8.26. The molecule has 0 aliphatic carbocycles. The number of piperazine rings is 1. The van der Waals surface area contributed by atoms with Crippen molar-refractivity contribution >= 4 is 35.5 Å². The van der Waals surface area contributed by atoms with Gasteiger partial charge in [0.2, 0.25) is 0 Å². The lowest BCUT2D eigenvalue weighted by Crippen LogP contribution is -2.63. The summed E-state index contributed by atoms with van der Waals surface area (Å²) in [6.45, 7) is 7.95. The number of aliphatic carboxylic acids is 1. The highest BCUT2D eigenvalue weighted by Gasteiger charge is 2.56. The fraction of sp³-hybridized carbons (Fsp3) is 0.733. The second-order valence-electron chi connectivity index (χ2n) is 6.07. The van der Waals surface area contributed by atoms with Crippen molar-refractivity contribution in [3.05, 3.63) is 9.81 Å². The van der Waals surface area contributed by atoms with Crippen molar-refractivity contribution in [2.45, 2.75) is 31.0 Å². The summed E-state index contributed by atoms with van der Waals surface area (Å²) in [5, 5.41) is 9.61. The molecule has 6 nitrogen and oxygen atoms in total. The molecule has 23 heavy (non-hydrogen) atoms. The van der Waals surface area contributed by atoms with Crippen LogP contribution in [-0.4, -0.2) is 70.9 Å². The number of fused-ring (bicyclic) bond motifs is 1. The van der Waals surface area contributed by atoms with Gasteiger partial charge in [-0.2, -0.15) is 0 Å². The molecule has 0 radical (unpaired) electrons. The first-order valence-corrected chi connectivity index (χ1v) is 9.37. The summed E-state index contributed by atoms with van der Waals surface area (Å²) in [6.07, 6.45) is 0. The Balaban J connectivity index is 2.49. The molecule has 2 atom stereocenters. The number of esters is 1. The Kier molecular flexibility index (Phi) is 5.71. The largest absolute Gasteiger partial charge is 0.477 e. The Bertz CT molecular complexity index is 538. The molecule has 8 heteroatoms. The van der Waals surface area contributed by atoms with E-state index in [-0.39, 0.29) is 22.4 Å². The summed E-state index contributed by atoms with van der Waals surface area (Å²) in [5.74, 6) is -1.67. The normalized spacial score (nSPS) is 31.1. The quantitative estimate of drug-likeness (QED) is 0.353. The van der Waals surface area contributed by atoms with Crippen LogP contribution in [0, 0.1) is 5.92 Å². The van der Waals surface area contributed by atoms with Gasteiger partial charge >= 0.3 is 11.9 Å². The van der Waals surface area contributed by atoms with E-state index in [1.807, 2.05) is 0 Å².